The molecule has 0 radical (unpaired) electrons. The molecule has 19 heavy (non-hydrogen) atoms. The Hall–Kier alpha value is -1.03. The fourth-order valence-electron chi connectivity index (χ4n) is 2.73. The molecule has 1 aliphatic carbocycles. The summed E-state index contributed by atoms with van der Waals surface area (Å²) in [4.78, 5) is 14.6. The molecule has 1 aliphatic rings. The summed E-state index contributed by atoms with van der Waals surface area (Å²) in [6.45, 7) is 0.194. The molecule has 1 fully saturated rings. The van der Waals surface area contributed by atoms with E-state index in [1.807, 2.05) is 0 Å². The van der Waals surface area contributed by atoms with Gasteiger partial charge >= 0.3 is 0 Å². The minimum absolute atomic E-state index is 0.194. The zero-order valence-electron chi connectivity index (χ0n) is 10.7. The first-order valence-electron chi connectivity index (χ1n) is 6.19. The lowest BCUT2D eigenvalue weighted by Gasteiger charge is -2.24. The number of isocyanates is 1. The van der Waals surface area contributed by atoms with Gasteiger partial charge in [-0.25, -0.2) is 9.18 Å². The van der Waals surface area contributed by atoms with Crippen LogP contribution >= 0.6 is 15.9 Å². The number of rotatable bonds is 4. The summed E-state index contributed by atoms with van der Waals surface area (Å²) < 4.78 is 20.3. The SMILES string of the molecule is COCc1cc(Br)cc(C2(N=C=O)CCCC2)c1F. The number of halogens is 2. The summed E-state index contributed by atoms with van der Waals surface area (Å²) in [5.74, 6) is -0.328. The Kier molecular flexibility index (Phi) is 4.50. The Morgan fingerprint density at radius 1 is 1.47 bits per heavy atom. The molecule has 1 aromatic carbocycles. The van der Waals surface area contributed by atoms with Gasteiger partial charge in [0, 0.05) is 22.7 Å². The normalized spacial score (nSPS) is 17.2. The predicted molar refractivity (Wildman–Crippen MR) is 73.1 cm³/mol. The van der Waals surface area contributed by atoms with E-state index in [1.54, 1.807) is 18.2 Å². The van der Waals surface area contributed by atoms with E-state index in [4.69, 9.17) is 4.74 Å². The number of benzene rings is 1. The van der Waals surface area contributed by atoms with E-state index >= 15 is 0 Å². The Morgan fingerprint density at radius 2 is 2.16 bits per heavy atom. The zero-order valence-corrected chi connectivity index (χ0v) is 12.3. The van der Waals surface area contributed by atoms with Crippen molar-refractivity contribution in [1.82, 2.24) is 0 Å². The summed E-state index contributed by atoms with van der Waals surface area (Å²) >= 11 is 3.38. The molecule has 102 valence electrons. The minimum atomic E-state index is -0.752. The predicted octanol–water partition coefficient (Wildman–Crippen LogP) is 3.84. The fraction of sp³-hybridized carbons (Fsp3) is 0.500. The molecule has 0 amide bonds. The van der Waals surface area contributed by atoms with Crippen molar-refractivity contribution in [3.8, 4) is 0 Å². The highest BCUT2D eigenvalue weighted by atomic mass is 79.9. The molecule has 2 rings (SSSR count). The van der Waals surface area contributed by atoms with Gasteiger partial charge in [0.15, 0.2) is 0 Å². The molecule has 0 spiro atoms. The van der Waals surface area contributed by atoms with Crippen molar-refractivity contribution in [2.45, 2.75) is 37.8 Å². The standard InChI is InChI=1S/C14H15BrFNO2/c1-19-8-10-6-11(15)7-12(13(10)16)14(17-9-18)4-2-3-5-14/h6-7H,2-5,8H2,1H3. The second-order valence-electron chi connectivity index (χ2n) is 4.80. The van der Waals surface area contributed by atoms with E-state index in [9.17, 15) is 9.18 Å². The monoisotopic (exact) mass is 327 g/mol. The van der Waals surface area contributed by atoms with Crippen LogP contribution in [0.2, 0.25) is 0 Å². The van der Waals surface area contributed by atoms with E-state index in [1.165, 1.54) is 7.11 Å². The van der Waals surface area contributed by atoms with Gasteiger partial charge in [-0.1, -0.05) is 28.8 Å². The lowest BCUT2D eigenvalue weighted by Crippen LogP contribution is -2.21. The molecule has 0 unspecified atom stereocenters. The molecule has 0 heterocycles. The third kappa shape index (κ3) is 2.78. The van der Waals surface area contributed by atoms with Crippen molar-refractivity contribution < 1.29 is 13.9 Å². The van der Waals surface area contributed by atoms with Gasteiger partial charge in [0.25, 0.3) is 0 Å². The van der Waals surface area contributed by atoms with Crippen molar-refractivity contribution in [3.05, 3.63) is 33.5 Å². The first-order valence-corrected chi connectivity index (χ1v) is 6.98. The summed E-state index contributed by atoms with van der Waals surface area (Å²) in [7, 11) is 1.52. The lowest BCUT2D eigenvalue weighted by molar-refractivity contribution is 0.181. The first-order chi connectivity index (χ1) is 9.13. The number of aliphatic imine (C=N–C) groups is 1. The Labute approximate surface area is 120 Å². The zero-order chi connectivity index (χ0) is 13.9. The maximum Gasteiger partial charge on any atom is 0.235 e. The van der Waals surface area contributed by atoms with Gasteiger partial charge in [0.2, 0.25) is 6.08 Å². The highest BCUT2D eigenvalue weighted by Gasteiger charge is 2.38. The third-order valence-electron chi connectivity index (χ3n) is 3.60. The molecular weight excluding hydrogens is 313 g/mol. The van der Waals surface area contributed by atoms with Crippen LogP contribution < -0.4 is 0 Å². The smallest absolute Gasteiger partial charge is 0.235 e. The highest BCUT2D eigenvalue weighted by molar-refractivity contribution is 9.10. The van der Waals surface area contributed by atoms with E-state index in [0.717, 1.165) is 17.3 Å². The van der Waals surface area contributed by atoms with Gasteiger partial charge in [0.05, 0.1) is 6.61 Å². The maximum absolute atomic E-state index is 14.6. The van der Waals surface area contributed by atoms with Crippen LogP contribution in [0.25, 0.3) is 0 Å². The molecule has 5 heteroatoms. The molecule has 0 bridgehead atoms. The van der Waals surface area contributed by atoms with E-state index in [2.05, 4.69) is 20.9 Å². The number of ether oxygens (including phenoxy) is 1. The average molecular weight is 328 g/mol. The van der Waals surface area contributed by atoms with Crippen molar-refractivity contribution in [3.63, 3.8) is 0 Å². The second kappa shape index (κ2) is 5.95. The van der Waals surface area contributed by atoms with Gasteiger partial charge in [-0.15, -0.1) is 0 Å². The quantitative estimate of drug-likeness (QED) is 0.622. The van der Waals surface area contributed by atoms with Gasteiger partial charge < -0.3 is 4.74 Å². The van der Waals surface area contributed by atoms with Gasteiger partial charge in [-0.3, -0.25) is 0 Å². The first kappa shape index (κ1) is 14.4. The Balaban J connectivity index is 2.56. The van der Waals surface area contributed by atoms with Gasteiger partial charge in [-0.05, 0) is 25.0 Å². The van der Waals surface area contributed by atoms with Crippen LogP contribution in [0.4, 0.5) is 4.39 Å². The molecule has 0 N–H and O–H groups in total. The summed E-state index contributed by atoms with van der Waals surface area (Å²) in [5, 5.41) is 0. The highest BCUT2D eigenvalue weighted by Crippen LogP contribution is 2.44. The van der Waals surface area contributed by atoms with E-state index in [0.29, 0.717) is 24.0 Å². The number of nitrogens with zero attached hydrogens (tertiary/aromatic N) is 1. The van der Waals surface area contributed by atoms with Crippen LogP contribution in [0.1, 0.15) is 36.8 Å². The number of methoxy groups -OCH3 is 1. The molecule has 0 aromatic heterocycles. The molecule has 1 aromatic rings. The number of carbonyl (C=O) groups excluding carboxylic acids is 1. The molecule has 0 aliphatic heterocycles. The second-order valence-corrected chi connectivity index (χ2v) is 5.72. The van der Waals surface area contributed by atoms with Crippen molar-refractivity contribution in [2.24, 2.45) is 4.99 Å². The number of hydrogen-bond acceptors (Lipinski definition) is 3. The molecule has 0 saturated heterocycles. The summed E-state index contributed by atoms with van der Waals surface area (Å²) in [5.41, 5.74) is 0.187. The number of hydrogen-bond donors (Lipinski definition) is 0. The van der Waals surface area contributed by atoms with Crippen molar-refractivity contribution in [1.29, 1.82) is 0 Å². The Morgan fingerprint density at radius 3 is 2.74 bits per heavy atom. The minimum Gasteiger partial charge on any atom is -0.380 e. The average Bonchev–Trinajstić information content (AvgIpc) is 2.84. The van der Waals surface area contributed by atoms with E-state index in [-0.39, 0.29) is 12.4 Å². The molecule has 1 saturated carbocycles. The molecular formula is C14H15BrFNO2. The van der Waals surface area contributed by atoms with Crippen molar-refractivity contribution >= 4 is 22.0 Å². The maximum atomic E-state index is 14.6. The fourth-order valence-corrected chi connectivity index (χ4v) is 3.24. The van der Waals surface area contributed by atoms with Crippen LogP contribution in [0.3, 0.4) is 0 Å². The van der Waals surface area contributed by atoms with Crippen molar-refractivity contribution in [2.75, 3.05) is 7.11 Å². The Bertz CT molecular complexity index is 520. The van der Waals surface area contributed by atoms with Crippen LogP contribution in [-0.2, 0) is 21.7 Å². The third-order valence-corrected chi connectivity index (χ3v) is 4.06. The van der Waals surface area contributed by atoms with Crippen LogP contribution in [0, 0.1) is 5.82 Å². The summed E-state index contributed by atoms with van der Waals surface area (Å²) in [6.07, 6.45) is 4.86. The van der Waals surface area contributed by atoms with Crippen LogP contribution in [0.5, 0.6) is 0 Å². The lowest BCUT2D eigenvalue weighted by atomic mass is 9.87. The summed E-state index contributed by atoms with van der Waals surface area (Å²) in [6, 6.07) is 3.40. The molecule has 3 nitrogen and oxygen atoms in total. The van der Waals surface area contributed by atoms with Gasteiger partial charge in [-0.2, -0.15) is 4.99 Å². The van der Waals surface area contributed by atoms with Crippen LogP contribution in [-0.4, -0.2) is 13.2 Å². The van der Waals surface area contributed by atoms with Gasteiger partial charge in [0.1, 0.15) is 11.4 Å². The van der Waals surface area contributed by atoms with Crippen LogP contribution in [0.15, 0.2) is 21.6 Å². The topological polar surface area (TPSA) is 38.7 Å². The molecule has 0 atom stereocenters. The van der Waals surface area contributed by atoms with E-state index < -0.39 is 5.54 Å². The largest absolute Gasteiger partial charge is 0.380 e.